The van der Waals surface area contributed by atoms with Crippen molar-refractivity contribution in [2.24, 2.45) is 0 Å². The number of rotatable bonds is 6. The Bertz CT molecular complexity index is 1070. The van der Waals surface area contributed by atoms with E-state index in [9.17, 15) is 18.0 Å². The molecule has 166 valence electrons. The van der Waals surface area contributed by atoms with E-state index in [2.05, 4.69) is 5.32 Å². The number of carbonyl (C=O) groups excluding carboxylic acids is 2. The minimum absolute atomic E-state index is 0.0279. The van der Waals surface area contributed by atoms with Crippen molar-refractivity contribution >= 4 is 27.4 Å². The van der Waals surface area contributed by atoms with Crippen molar-refractivity contribution in [1.82, 2.24) is 9.21 Å². The van der Waals surface area contributed by atoms with Crippen molar-refractivity contribution in [2.45, 2.75) is 38.6 Å². The van der Waals surface area contributed by atoms with Crippen LogP contribution in [0.3, 0.4) is 0 Å². The molecule has 31 heavy (non-hydrogen) atoms. The third-order valence-electron chi connectivity index (χ3n) is 5.71. The lowest BCUT2D eigenvalue weighted by molar-refractivity contribution is -0.121. The van der Waals surface area contributed by atoms with E-state index in [0.29, 0.717) is 42.3 Å². The highest BCUT2D eigenvalue weighted by Gasteiger charge is 2.32. The van der Waals surface area contributed by atoms with E-state index in [-0.39, 0.29) is 11.7 Å². The first-order chi connectivity index (χ1) is 14.6. The van der Waals surface area contributed by atoms with Gasteiger partial charge in [-0.1, -0.05) is 17.7 Å². The van der Waals surface area contributed by atoms with Crippen molar-refractivity contribution < 1.29 is 18.0 Å². The predicted molar refractivity (Wildman–Crippen MR) is 121 cm³/mol. The highest BCUT2D eigenvalue weighted by molar-refractivity contribution is 7.89. The van der Waals surface area contributed by atoms with Gasteiger partial charge in [-0.15, -0.1) is 0 Å². The van der Waals surface area contributed by atoms with Gasteiger partial charge in [0.05, 0.1) is 10.9 Å². The molecule has 2 aromatic rings. The standard InChI is InChI=1S/C23H29N3O4S/c1-16-5-10-22(17(2)15-16)31(29,30)26-13-11-25(12-14-26)18(3)23(28)24-21-8-6-20(7-9-21)19(4)27/h5-10,15,18H,11-14H2,1-4H3,(H,24,28)/t18-/m0/s1. The average Bonchev–Trinajstić information content (AvgIpc) is 2.73. The van der Waals surface area contributed by atoms with Gasteiger partial charge in [0.15, 0.2) is 5.78 Å². The lowest BCUT2D eigenvalue weighted by atomic mass is 10.1. The van der Waals surface area contributed by atoms with Crippen LogP contribution in [0.5, 0.6) is 0 Å². The number of carbonyl (C=O) groups is 2. The quantitative estimate of drug-likeness (QED) is 0.694. The molecule has 1 aliphatic rings. The number of ketones is 1. The molecule has 1 aliphatic heterocycles. The molecule has 0 aliphatic carbocycles. The third kappa shape index (κ3) is 5.20. The van der Waals surface area contributed by atoms with Crippen molar-refractivity contribution in [3.05, 3.63) is 59.2 Å². The second-order valence-electron chi connectivity index (χ2n) is 8.01. The molecule has 0 bridgehead atoms. The smallest absolute Gasteiger partial charge is 0.243 e. The Morgan fingerprint density at radius 3 is 2.13 bits per heavy atom. The van der Waals surface area contributed by atoms with E-state index in [1.165, 1.54) is 11.2 Å². The summed E-state index contributed by atoms with van der Waals surface area (Å²) in [5.41, 5.74) is 2.98. The molecular formula is C23H29N3O4S. The normalized spacial score (nSPS) is 16.6. The molecule has 0 spiro atoms. The first-order valence-corrected chi connectivity index (χ1v) is 11.8. The maximum absolute atomic E-state index is 13.1. The van der Waals surface area contributed by atoms with Crippen LogP contribution in [0.25, 0.3) is 0 Å². The second-order valence-corrected chi connectivity index (χ2v) is 9.91. The summed E-state index contributed by atoms with van der Waals surface area (Å²) in [7, 11) is -3.56. The van der Waals surface area contributed by atoms with Gasteiger partial charge in [-0.2, -0.15) is 4.31 Å². The molecule has 1 N–H and O–H groups in total. The van der Waals surface area contributed by atoms with Crippen LogP contribution in [-0.4, -0.2) is 61.5 Å². The number of sulfonamides is 1. The zero-order chi connectivity index (χ0) is 22.8. The van der Waals surface area contributed by atoms with E-state index in [4.69, 9.17) is 0 Å². The molecule has 0 aromatic heterocycles. The summed E-state index contributed by atoms with van der Waals surface area (Å²) < 4.78 is 27.6. The van der Waals surface area contributed by atoms with Crippen LogP contribution < -0.4 is 5.32 Å². The van der Waals surface area contributed by atoms with Gasteiger partial charge in [0.1, 0.15) is 0 Å². The maximum atomic E-state index is 13.1. The summed E-state index contributed by atoms with van der Waals surface area (Å²) >= 11 is 0. The van der Waals surface area contributed by atoms with Gasteiger partial charge in [0.25, 0.3) is 0 Å². The number of amides is 1. The molecule has 1 saturated heterocycles. The van der Waals surface area contributed by atoms with Crippen LogP contribution in [0.1, 0.15) is 35.3 Å². The molecule has 1 amide bonds. The summed E-state index contributed by atoms with van der Waals surface area (Å²) in [6.45, 7) is 8.67. The molecule has 1 atom stereocenters. The van der Waals surface area contributed by atoms with E-state index in [0.717, 1.165) is 11.1 Å². The Morgan fingerprint density at radius 2 is 1.58 bits per heavy atom. The fourth-order valence-corrected chi connectivity index (χ4v) is 5.39. The van der Waals surface area contributed by atoms with Gasteiger partial charge in [-0.25, -0.2) is 8.42 Å². The largest absolute Gasteiger partial charge is 0.325 e. The molecule has 8 heteroatoms. The zero-order valence-corrected chi connectivity index (χ0v) is 19.2. The van der Waals surface area contributed by atoms with Crippen molar-refractivity contribution in [3.63, 3.8) is 0 Å². The van der Waals surface area contributed by atoms with Crippen LogP contribution >= 0.6 is 0 Å². The Kier molecular flexibility index (Phi) is 6.93. The van der Waals surface area contributed by atoms with Crippen molar-refractivity contribution in [2.75, 3.05) is 31.5 Å². The number of anilines is 1. The number of piperazine rings is 1. The monoisotopic (exact) mass is 443 g/mol. The highest BCUT2D eigenvalue weighted by Crippen LogP contribution is 2.23. The van der Waals surface area contributed by atoms with Gasteiger partial charge < -0.3 is 5.32 Å². The molecule has 0 saturated carbocycles. The highest BCUT2D eigenvalue weighted by atomic mass is 32.2. The minimum atomic E-state index is -3.56. The van der Waals surface area contributed by atoms with Gasteiger partial charge in [-0.3, -0.25) is 14.5 Å². The molecule has 3 rings (SSSR count). The fraction of sp³-hybridized carbons (Fsp3) is 0.391. The van der Waals surface area contributed by atoms with Crippen molar-refractivity contribution in [3.8, 4) is 0 Å². The third-order valence-corrected chi connectivity index (χ3v) is 7.77. The van der Waals surface area contributed by atoms with Gasteiger partial charge >= 0.3 is 0 Å². The maximum Gasteiger partial charge on any atom is 0.243 e. The molecule has 7 nitrogen and oxygen atoms in total. The van der Waals surface area contributed by atoms with E-state index >= 15 is 0 Å². The summed E-state index contributed by atoms with van der Waals surface area (Å²) in [4.78, 5) is 26.3. The Labute approximate surface area is 184 Å². The molecule has 0 radical (unpaired) electrons. The summed E-state index contributed by atoms with van der Waals surface area (Å²) in [6, 6.07) is 11.7. The molecular weight excluding hydrogens is 414 g/mol. The summed E-state index contributed by atoms with van der Waals surface area (Å²) in [5, 5.41) is 2.86. The molecule has 2 aromatic carbocycles. The summed E-state index contributed by atoms with van der Waals surface area (Å²) in [6.07, 6.45) is 0. The van der Waals surface area contributed by atoms with Crippen molar-refractivity contribution in [1.29, 1.82) is 0 Å². The number of hydrogen-bond donors (Lipinski definition) is 1. The van der Waals surface area contributed by atoms with E-state index < -0.39 is 16.1 Å². The lowest BCUT2D eigenvalue weighted by Gasteiger charge is -2.36. The first kappa shape index (κ1) is 23.1. The van der Waals surface area contributed by atoms with E-state index in [1.807, 2.05) is 37.8 Å². The van der Waals surface area contributed by atoms with Crippen LogP contribution in [-0.2, 0) is 14.8 Å². The molecule has 0 unspecified atom stereocenters. The van der Waals surface area contributed by atoms with Crippen LogP contribution in [0.4, 0.5) is 5.69 Å². The lowest BCUT2D eigenvalue weighted by Crippen LogP contribution is -2.54. The number of benzene rings is 2. The predicted octanol–water partition coefficient (Wildman–Crippen LogP) is 2.84. The molecule has 1 fully saturated rings. The Hall–Kier alpha value is -2.55. The topological polar surface area (TPSA) is 86.8 Å². The van der Waals surface area contributed by atoms with E-state index in [1.54, 1.807) is 30.3 Å². The van der Waals surface area contributed by atoms with Crippen LogP contribution in [0.15, 0.2) is 47.4 Å². The minimum Gasteiger partial charge on any atom is -0.325 e. The number of hydrogen-bond acceptors (Lipinski definition) is 5. The summed E-state index contributed by atoms with van der Waals surface area (Å²) in [5.74, 6) is -0.193. The number of nitrogens with zero attached hydrogens (tertiary/aromatic N) is 2. The fourth-order valence-electron chi connectivity index (χ4n) is 3.76. The van der Waals surface area contributed by atoms with Gasteiger partial charge in [0.2, 0.25) is 15.9 Å². The number of nitrogens with one attached hydrogen (secondary N) is 1. The van der Waals surface area contributed by atoms with Crippen LogP contribution in [0, 0.1) is 13.8 Å². The first-order valence-electron chi connectivity index (χ1n) is 10.3. The number of aryl methyl sites for hydroxylation is 2. The second kappa shape index (κ2) is 9.30. The van der Waals surface area contributed by atoms with Gasteiger partial charge in [0, 0.05) is 37.4 Å². The SMILES string of the molecule is CC(=O)c1ccc(NC(=O)[C@H](C)N2CCN(S(=O)(=O)c3ccc(C)cc3C)CC2)cc1. The number of Topliss-reactive ketones (excluding diaryl/α,β-unsaturated/α-hetero) is 1. The molecule has 1 heterocycles. The van der Waals surface area contributed by atoms with Crippen LogP contribution in [0.2, 0.25) is 0 Å². The van der Waals surface area contributed by atoms with Gasteiger partial charge in [-0.05, 0) is 63.6 Å². The average molecular weight is 444 g/mol. The Morgan fingerprint density at radius 1 is 0.968 bits per heavy atom. The zero-order valence-electron chi connectivity index (χ0n) is 18.4. The Balaban J connectivity index is 1.60.